The standard InChI is InChI=1S/C18H21N3O2/c1-13-3-4-16-14(11-13)15(22)12-18(23-16)5-9-21(10-6-18)17-19-7-2-8-20-17/h2-4,7-8,11,15,22H,5-6,9-10,12H2,1H3/t15-/m1/s1. The van der Waals surface area contributed by atoms with Crippen molar-refractivity contribution in [2.24, 2.45) is 0 Å². The first-order valence-electron chi connectivity index (χ1n) is 8.15. The molecular formula is C18H21N3O2. The van der Waals surface area contributed by atoms with Crippen molar-refractivity contribution in [1.82, 2.24) is 9.97 Å². The third kappa shape index (κ3) is 2.65. The van der Waals surface area contributed by atoms with Gasteiger partial charge in [-0.15, -0.1) is 0 Å². The third-order valence-electron chi connectivity index (χ3n) is 4.93. The summed E-state index contributed by atoms with van der Waals surface area (Å²) >= 11 is 0. The first-order chi connectivity index (χ1) is 11.2. The van der Waals surface area contributed by atoms with Gasteiger partial charge in [0.25, 0.3) is 0 Å². The average molecular weight is 311 g/mol. The van der Waals surface area contributed by atoms with Crippen LogP contribution in [0.4, 0.5) is 5.95 Å². The lowest BCUT2D eigenvalue weighted by Crippen LogP contribution is -2.50. The molecule has 23 heavy (non-hydrogen) atoms. The minimum absolute atomic E-state index is 0.271. The molecule has 1 atom stereocenters. The molecule has 1 fully saturated rings. The number of aliphatic hydroxyl groups is 1. The number of hydrogen-bond acceptors (Lipinski definition) is 5. The van der Waals surface area contributed by atoms with Crippen molar-refractivity contribution in [3.05, 3.63) is 47.8 Å². The fraction of sp³-hybridized carbons (Fsp3) is 0.444. The van der Waals surface area contributed by atoms with Crippen molar-refractivity contribution in [1.29, 1.82) is 0 Å². The number of ether oxygens (including phenoxy) is 1. The van der Waals surface area contributed by atoms with Crippen LogP contribution in [0.2, 0.25) is 0 Å². The van der Waals surface area contributed by atoms with Gasteiger partial charge in [-0.1, -0.05) is 11.6 Å². The van der Waals surface area contributed by atoms with E-state index < -0.39 is 6.10 Å². The quantitative estimate of drug-likeness (QED) is 0.877. The van der Waals surface area contributed by atoms with E-state index in [9.17, 15) is 5.11 Å². The minimum atomic E-state index is -0.446. The highest BCUT2D eigenvalue weighted by Crippen LogP contribution is 2.44. The Morgan fingerprint density at radius 3 is 2.70 bits per heavy atom. The van der Waals surface area contributed by atoms with Gasteiger partial charge in [0.1, 0.15) is 11.4 Å². The molecule has 1 aromatic carbocycles. The first-order valence-corrected chi connectivity index (χ1v) is 8.15. The molecule has 2 aliphatic rings. The van der Waals surface area contributed by atoms with Crippen LogP contribution in [-0.2, 0) is 0 Å². The van der Waals surface area contributed by atoms with Gasteiger partial charge in [-0.05, 0) is 25.1 Å². The number of hydrogen-bond donors (Lipinski definition) is 1. The predicted octanol–water partition coefficient (Wildman–Crippen LogP) is 2.64. The number of rotatable bonds is 1. The van der Waals surface area contributed by atoms with E-state index in [-0.39, 0.29) is 5.60 Å². The second-order valence-corrected chi connectivity index (χ2v) is 6.58. The zero-order chi connectivity index (χ0) is 15.9. The van der Waals surface area contributed by atoms with E-state index in [0.717, 1.165) is 48.8 Å². The Morgan fingerprint density at radius 1 is 1.22 bits per heavy atom. The number of nitrogens with zero attached hydrogens (tertiary/aromatic N) is 3. The Morgan fingerprint density at radius 2 is 1.96 bits per heavy atom. The predicted molar refractivity (Wildman–Crippen MR) is 87.6 cm³/mol. The molecule has 1 saturated heterocycles. The number of benzene rings is 1. The molecule has 0 radical (unpaired) electrons. The Bertz CT molecular complexity index is 697. The largest absolute Gasteiger partial charge is 0.487 e. The molecule has 0 aliphatic carbocycles. The van der Waals surface area contributed by atoms with Gasteiger partial charge in [-0.2, -0.15) is 0 Å². The lowest BCUT2D eigenvalue weighted by Gasteiger charge is -2.46. The Labute approximate surface area is 136 Å². The highest BCUT2D eigenvalue weighted by atomic mass is 16.5. The van der Waals surface area contributed by atoms with Crippen molar-refractivity contribution >= 4 is 5.95 Å². The van der Waals surface area contributed by atoms with E-state index in [4.69, 9.17) is 4.74 Å². The van der Waals surface area contributed by atoms with Gasteiger partial charge >= 0.3 is 0 Å². The summed E-state index contributed by atoms with van der Waals surface area (Å²) in [5, 5.41) is 10.6. The van der Waals surface area contributed by atoms with Crippen LogP contribution in [0.1, 0.15) is 36.5 Å². The van der Waals surface area contributed by atoms with Gasteiger partial charge in [0.05, 0.1) is 6.10 Å². The summed E-state index contributed by atoms with van der Waals surface area (Å²) in [5.41, 5.74) is 1.80. The molecule has 4 rings (SSSR count). The molecule has 1 aromatic heterocycles. The van der Waals surface area contributed by atoms with Crippen LogP contribution in [0.25, 0.3) is 0 Å². The second kappa shape index (κ2) is 5.49. The smallest absolute Gasteiger partial charge is 0.225 e. The molecule has 1 N–H and O–H groups in total. The summed E-state index contributed by atoms with van der Waals surface area (Å²) in [6.45, 7) is 3.73. The van der Waals surface area contributed by atoms with Crippen LogP contribution in [0.5, 0.6) is 5.75 Å². The molecule has 0 saturated carbocycles. The maximum Gasteiger partial charge on any atom is 0.225 e. The monoisotopic (exact) mass is 311 g/mol. The van der Waals surface area contributed by atoms with E-state index in [1.54, 1.807) is 12.4 Å². The molecule has 2 aliphatic heterocycles. The molecule has 5 nitrogen and oxygen atoms in total. The molecule has 0 bridgehead atoms. The summed E-state index contributed by atoms with van der Waals surface area (Å²) in [6.07, 6.45) is 5.49. The third-order valence-corrected chi connectivity index (χ3v) is 4.93. The van der Waals surface area contributed by atoms with Crippen LogP contribution in [0, 0.1) is 6.92 Å². The lowest BCUT2D eigenvalue weighted by molar-refractivity contribution is -0.0301. The van der Waals surface area contributed by atoms with E-state index in [1.165, 1.54) is 0 Å². The van der Waals surface area contributed by atoms with Gasteiger partial charge in [0.2, 0.25) is 5.95 Å². The van der Waals surface area contributed by atoms with Crippen molar-refractivity contribution in [3.8, 4) is 5.75 Å². The maximum absolute atomic E-state index is 10.6. The van der Waals surface area contributed by atoms with Crippen molar-refractivity contribution < 1.29 is 9.84 Å². The second-order valence-electron chi connectivity index (χ2n) is 6.58. The molecule has 0 amide bonds. The number of piperidine rings is 1. The summed E-state index contributed by atoms with van der Waals surface area (Å²) in [4.78, 5) is 10.8. The first kappa shape index (κ1) is 14.5. The Kier molecular flexibility index (Phi) is 3.45. The van der Waals surface area contributed by atoms with Gasteiger partial charge < -0.3 is 14.7 Å². The van der Waals surface area contributed by atoms with Crippen LogP contribution in [0.15, 0.2) is 36.7 Å². The van der Waals surface area contributed by atoms with E-state index in [2.05, 4.69) is 14.9 Å². The highest BCUT2D eigenvalue weighted by Gasteiger charge is 2.43. The van der Waals surface area contributed by atoms with Crippen molar-refractivity contribution in [3.63, 3.8) is 0 Å². The SMILES string of the molecule is Cc1ccc2c(c1)[C@H](O)CC1(CCN(c3ncccn3)CC1)O2. The molecule has 1 spiro atoms. The molecule has 2 aromatic rings. The molecule has 5 heteroatoms. The van der Waals surface area contributed by atoms with Gasteiger partial charge in [0.15, 0.2) is 0 Å². The topological polar surface area (TPSA) is 58.5 Å². The van der Waals surface area contributed by atoms with E-state index in [0.29, 0.717) is 6.42 Å². The zero-order valence-electron chi connectivity index (χ0n) is 13.3. The Balaban J connectivity index is 1.52. The zero-order valence-corrected chi connectivity index (χ0v) is 13.3. The molecular weight excluding hydrogens is 290 g/mol. The summed E-state index contributed by atoms with van der Waals surface area (Å²) < 4.78 is 6.34. The van der Waals surface area contributed by atoms with Crippen LogP contribution in [-0.4, -0.2) is 33.8 Å². The van der Waals surface area contributed by atoms with Gasteiger partial charge in [-0.25, -0.2) is 9.97 Å². The van der Waals surface area contributed by atoms with Gasteiger partial charge in [0, 0.05) is 50.3 Å². The number of aryl methyl sites for hydroxylation is 1. The lowest BCUT2D eigenvalue weighted by atomic mass is 9.81. The van der Waals surface area contributed by atoms with Crippen molar-refractivity contribution in [2.75, 3.05) is 18.0 Å². The summed E-state index contributed by atoms with van der Waals surface area (Å²) in [5.74, 6) is 1.61. The van der Waals surface area contributed by atoms with Crippen LogP contribution < -0.4 is 9.64 Å². The molecule has 3 heterocycles. The average Bonchev–Trinajstić information content (AvgIpc) is 2.57. The Hall–Kier alpha value is -2.14. The van der Waals surface area contributed by atoms with Crippen molar-refractivity contribution in [2.45, 2.75) is 37.9 Å². The summed E-state index contributed by atoms with van der Waals surface area (Å²) in [6, 6.07) is 7.88. The number of aliphatic hydroxyl groups excluding tert-OH is 1. The number of fused-ring (bicyclic) bond motifs is 1. The maximum atomic E-state index is 10.6. The molecule has 120 valence electrons. The normalized spacial score (nSPS) is 22.5. The fourth-order valence-electron chi connectivity index (χ4n) is 3.63. The minimum Gasteiger partial charge on any atom is -0.487 e. The molecule has 0 unspecified atom stereocenters. The summed E-state index contributed by atoms with van der Waals surface area (Å²) in [7, 11) is 0. The number of aromatic nitrogens is 2. The fourth-order valence-corrected chi connectivity index (χ4v) is 3.63. The van der Waals surface area contributed by atoms with E-state index >= 15 is 0 Å². The highest BCUT2D eigenvalue weighted by molar-refractivity contribution is 5.41. The number of anilines is 1. The van der Waals surface area contributed by atoms with Gasteiger partial charge in [-0.3, -0.25) is 0 Å². The van der Waals surface area contributed by atoms with E-state index in [1.807, 2.05) is 31.2 Å². The van der Waals surface area contributed by atoms with Crippen LogP contribution in [0.3, 0.4) is 0 Å². The van der Waals surface area contributed by atoms with Crippen LogP contribution >= 0.6 is 0 Å².